The summed E-state index contributed by atoms with van der Waals surface area (Å²) in [4.78, 5) is 20.4. The number of carbonyl (C=O) groups excluding carboxylic acids is 1. The molecule has 1 heterocycles. The van der Waals surface area contributed by atoms with Crippen molar-refractivity contribution in [1.82, 2.24) is 14.8 Å². The van der Waals surface area contributed by atoms with E-state index in [1.165, 1.54) is 5.56 Å². The van der Waals surface area contributed by atoms with E-state index in [0.717, 1.165) is 61.5 Å². The molecule has 6 nitrogen and oxygen atoms in total. The average Bonchev–Trinajstić information content (AvgIpc) is 3.21. The number of hydrogen-bond donors (Lipinski definition) is 1. The Bertz CT molecular complexity index is 1220. The SMILES string of the molecule is CCCN(Cc1c(OC(=O)OCC)[nH]c2cc(Cl)cc(Cl)c12)C1CCC(Cc2ccccc2)(N(C)C)CC1. The minimum atomic E-state index is -0.737. The third kappa shape index (κ3) is 6.48. The molecule has 0 bridgehead atoms. The van der Waals surface area contributed by atoms with Crippen molar-refractivity contribution in [3.63, 3.8) is 0 Å². The molecular weight excluding hydrogens is 521 g/mol. The van der Waals surface area contributed by atoms with Crippen LogP contribution >= 0.6 is 23.2 Å². The molecule has 3 aromatic rings. The molecule has 4 rings (SSSR count). The zero-order valence-corrected chi connectivity index (χ0v) is 24.4. The van der Waals surface area contributed by atoms with E-state index >= 15 is 0 Å². The minimum absolute atomic E-state index is 0.148. The van der Waals surface area contributed by atoms with Gasteiger partial charge in [-0.15, -0.1) is 0 Å². The van der Waals surface area contributed by atoms with Gasteiger partial charge in [-0.2, -0.15) is 0 Å². The second kappa shape index (κ2) is 12.7. The van der Waals surface area contributed by atoms with Crippen LogP contribution in [-0.2, 0) is 17.7 Å². The van der Waals surface area contributed by atoms with Gasteiger partial charge in [0.1, 0.15) is 0 Å². The monoisotopic (exact) mass is 559 g/mol. The molecule has 0 unspecified atom stereocenters. The summed E-state index contributed by atoms with van der Waals surface area (Å²) in [6.45, 7) is 5.74. The Morgan fingerprint density at radius 1 is 1.11 bits per heavy atom. The van der Waals surface area contributed by atoms with Crippen LogP contribution in [0.5, 0.6) is 5.88 Å². The van der Waals surface area contributed by atoms with E-state index in [1.54, 1.807) is 13.0 Å². The van der Waals surface area contributed by atoms with Gasteiger partial charge in [-0.1, -0.05) is 60.5 Å². The topological polar surface area (TPSA) is 57.8 Å². The van der Waals surface area contributed by atoms with E-state index in [2.05, 4.69) is 66.1 Å². The second-order valence-electron chi connectivity index (χ2n) is 10.5. The quantitative estimate of drug-likeness (QED) is 0.258. The van der Waals surface area contributed by atoms with Crippen LogP contribution in [-0.4, -0.2) is 59.8 Å². The van der Waals surface area contributed by atoms with Crippen LogP contribution in [0.2, 0.25) is 10.0 Å². The van der Waals surface area contributed by atoms with Gasteiger partial charge in [0.05, 0.1) is 17.1 Å². The smallest absolute Gasteiger partial charge is 0.434 e. The molecule has 0 spiro atoms. The standard InChI is InChI=1S/C30H39Cl2N3O3/c1-5-16-35(23-12-14-30(15-13-23,34(3)4)19-21-10-8-7-9-11-21)20-24-27-25(32)17-22(31)18-26(27)33-28(24)38-29(36)37-6-2/h7-11,17-18,23,33H,5-6,12-16,19-20H2,1-4H3. The predicted octanol–water partition coefficient (Wildman–Crippen LogP) is 7.71. The third-order valence-electron chi connectivity index (χ3n) is 7.93. The van der Waals surface area contributed by atoms with Crippen molar-refractivity contribution in [3.8, 4) is 5.88 Å². The van der Waals surface area contributed by atoms with Crippen molar-refractivity contribution in [2.24, 2.45) is 0 Å². The van der Waals surface area contributed by atoms with Gasteiger partial charge in [-0.3, -0.25) is 4.90 Å². The number of aromatic nitrogens is 1. The average molecular weight is 561 g/mol. The van der Waals surface area contributed by atoms with Gasteiger partial charge >= 0.3 is 6.16 Å². The summed E-state index contributed by atoms with van der Waals surface area (Å²) in [5, 5.41) is 1.89. The molecule has 206 valence electrons. The van der Waals surface area contributed by atoms with Crippen molar-refractivity contribution in [1.29, 1.82) is 0 Å². The number of benzene rings is 2. The first-order valence-corrected chi connectivity index (χ1v) is 14.3. The number of hydrogen-bond acceptors (Lipinski definition) is 5. The summed E-state index contributed by atoms with van der Waals surface area (Å²) < 4.78 is 10.7. The normalized spacial score (nSPS) is 19.8. The first-order chi connectivity index (χ1) is 18.3. The summed E-state index contributed by atoms with van der Waals surface area (Å²) >= 11 is 13.0. The molecule has 1 fully saturated rings. The first-order valence-electron chi connectivity index (χ1n) is 13.6. The van der Waals surface area contributed by atoms with Gasteiger partial charge in [0, 0.05) is 34.1 Å². The highest BCUT2D eigenvalue weighted by Gasteiger charge is 2.39. The Labute approximate surface area is 236 Å². The first kappa shape index (κ1) is 28.8. The molecule has 1 aliphatic carbocycles. The molecule has 8 heteroatoms. The van der Waals surface area contributed by atoms with Crippen molar-refractivity contribution in [2.75, 3.05) is 27.2 Å². The highest BCUT2D eigenvalue weighted by Crippen LogP contribution is 2.40. The number of halogens is 2. The molecule has 1 aliphatic rings. The Balaban J connectivity index is 1.59. The lowest BCUT2D eigenvalue weighted by Gasteiger charge is -2.47. The van der Waals surface area contributed by atoms with Gasteiger partial charge in [-0.05, 0) is 83.8 Å². The van der Waals surface area contributed by atoms with Crippen LogP contribution in [0.4, 0.5) is 4.79 Å². The molecular formula is C30H39Cl2N3O3. The second-order valence-corrected chi connectivity index (χ2v) is 11.4. The van der Waals surface area contributed by atoms with E-state index in [9.17, 15) is 4.79 Å². The summed E-state index contributed by atoms with van der Waals surface area (Å²) in [5.41, 5.74) is 3.13. The lowest BCUT2D eigenvalue weighted by Crippen LogP contribution is -2.52. The number of H-pyrrole nitrogens is 1. The minimum Gasteiger partial charge on any atom is -0.434 e. The van der Waals surface area contributed by atoms with Crippen LogP contribution in [0.3, 0.4) is 0 Å². The molecule has 2 aromatic carbocycles. The zero-order valence-electron chi connectivity index (χ0n) is 22.9. The van der Waals surface area contributed by atoms with Crippen molar-refractivity contribution in [3.05, 3.63) is 63.6 Å². The summed E-state index contributed by atoms with van der Waals surface area (Å²) in [6, 6.07) is 14.8. The highest BCUT2D eigenvalue weighted by atomic mass is 35.5. The Kier molecular flexibility index (Phi) is 9.64. The van der Waals surface area contributed by atoms with Gasteiger partial charge < -0.3 is 19.4 Å². The van der Waals surface area contributed by atoms with Gasteiger partial charge in [0.15, 0.2) is 0 Å². The lowest BCUT2D eigenvalue weighted by molar-refractivity contribution is 0.0480. The highest BCUT2D eigenvalue weighted by molar-refractivity contribution is 6.38. The molecule has 1 saturated carbocycles. The number of nitrogens with zero attached hydrogens (tertiary/aromatic N) is 2. The summed E-state index contributed by atoms with van der Waals surface area (Å²) in [6.07, 6.45) is 5.78. The largest absolute Gasteiger partial charge is 0.515 e. The Hall–Kier alpha value is -2.25. The summed E-state index contributed by atoms with van der Waals surface area (Å²) in [5.74, 6) is 0.367. The fourth-order valence-corrected chi connectivity index (χ4v) is 6.51. The Morgan fingerprint density at radius 3 is 2.45 bits per heavy atom. The number of aromatic amines is 1. The maximum Gasteiger partial charge on any atom is 0.515 e. The Morgan fingerprint density at radius 2 is 1.82 bits per heavy atom. The third-order valence-corrected chi connectivity index (χ3v) is 8.44. The van der Waals surface area contributed by atoms with E-state index in [4.69, 9.17) is 32.7 Å². The molecule has 0 aliphatic heterocycles. The van der Waals surface area contributed by atoms with E-state index in [0.29, 0.717) is 28.5 Å². The van der Waals surface area contributed by atoms with Crippen molar-refractivity contribution >= 4 is 40.3 Å². The predicted molar refractivity (Wildman–Crippen MR) is 155 cm³/mol. The molecule has 0 saturated heterocycles. The molecule has 1 aromatic heterocycles. The fourth-order valence-electron chi connectivity index (χ4n) is 5.90. The van der Waals surface area contributed by atoms with Crippen LogP contribution in [0.25, 0.3) is 10.9 Å². The zero-order chi connectivity index (χ0) is 27.3. The van der Waals surface area contributed by atoms with Crippen molar-refractivity contribution in [2.45, 2.75) is 70.5 Å². The maximum absolute atomic E-state index is 12.3. The lowest BCUT2D eigenvalue weighted by atomic mass is 9.74. The number of rotatable bonds is 10. The maximum atomic E-state index is 12.3. The molecule has 0 amide bonds. The van der Waals surface area contributed by atoms with Crippen LogP contribution < -0.4 is 4.74 Å². The molecule has 1 N–H and O–H groups in total. The number of fused-ring (bicyclic) bond motifs is 1. The van der Waals surface area contributed by atoms with Crippen LogP contribution in [0, 0.1) is 0 Å². The molecule has 38 heavy (non-hydrogen) atoms. The molecule has 0 atom stereocenters. The molecule has 0 radical (unpaired) electrons. The number of likely N-dealkylation sites (N-methyl/N-ethyl adjacent to an activating group) is 1. The van der Waals surface area contributed by atoms with Gasteiger partial charge in [0.25, 0.3) is 0 Å². The van der Waals surface area contributed by atoms with Crippen LogP contribution in [0.15, 0.2) is 42.5 Å². The van der Waals surface area contributed by atoms with E-state index in [1.807, 2.05) is 6.07 Å². The van der Waals surface area contributed by atoms with E-state index < -0.39 is 6.16 Å². The van der Waals surface area contributed by atoms with Crippen molar-refractivity contribution < 1.29 is 14.3 Å². The number of ether oxygens (including phenoxy) is 2. The number of nitrogens with one attached hydrogen (secondary N) is 1. The van der Waals surface area contributed by atoms with Gasteiger partial charge in [0.2, 0.25) is 5.88 Å². The van der Waals surface area contributed by atoms with Gasteiger partial charge in [-0.25, -0.2) is 4.79 Å². The van der Waals surface area contributed by atoms with E-state index in [-0.39, 0.29) is 12.1 Å². The summed E-state index contributed by atoms with van der Waals surface area (Å²) in [7, 11) is 4.43. The number of carbonyl (C=O) groups is 1. The van der Waals surface area contributed by atoms with Crippen LogP contribution in [0.1, 0.15) is 57.1 Å². The fraction of sp³-hybridized carbons (Fsp3) is 0.500.